The Hall–Kier alpha value is -1.12. The number of unbranched alkanes of at least 4 members (excludes halogenated alkanes) is 2. The minimum absolute atomic E-state index is 0.270. The van der Waals surface area contributed by atoms with E-state index in [-0.39, 0.29) is 5.92 Å². The quantitative estimate of drug-likeness (QED) is 0.762. The van der Waals surface area contributed by atoms with E-state index in [2.05, 4.69) is 12.2 Å². The van der Waals surface area contributed by atoms with Gasteiger partial charge in [-0.1, -0.05) is 26.2 Å². The van der Waals surface area contributed by atoms with E-state index in [1.807, 2.05) is 0 Å². The van der Waals surface area contributed by atoms with Gasteiger partial charge in [0.15, 0.2) is 0 Å². The minimum atomic E-state index is -0.472. The number of fused-ring (bicyclic) bond motifs is 1. The second-order valence-electron chi connectivity index (χ2n) is 4.43. The van der Waals surface area contributed by atoms with Crippen LogP contribution in [0.3, 0.4) is 0 Å². The summed E-state index contributed by atoms with van der Waals surface area (Å²) in [6, 6.07) is 2.41. The number of hydrogen-bond donors (Lipinski definition) is 1. The summed E-state index contributed by atoms with van der Waals surface area (Å²) < 4.78 is 26.5. The van der Waals surface area contributed by atoms with Crippen molar-refractivity contribution in [1.29, 1.82) is 0 Å². The van der Waals surface area contributed by atoms with Gasteiger partial charge < -0.3 is 5.32 Å². The Bertz CT molecular complexity index is 376. The van der Waals surface area contributed by atoms with Gasteiger partial charge in [0.05, 0.1) is 5.69 Å². The molecule has 0 bridgehead atoms. The average molecular weight is 225 g/mol. The lowest BCUT2D eigenvalue weighted by molar-refractivity contribution is 0.573. The van der Waals surface area contributed by atoms with E-state index in [1.165, 1.54) is 18.9 Å². The maximum Gasteiger partial charge on any atom is 0.149 e. The summed E-state index contributed by atoms with van der Waals surface area (Å²) in [4.78, 5) is 0. The number of benzene rings is 1. The zero-order valence-electron chi connectivity index (χ0n) is 9.52. The fraction of sp³-hybridized carbons (Fsp3) is 0.538. The highest BCUT2D eigenvalue weighted by Gasteiger charge is 2.25. The SMILES string of the molecule is CCCCCC1CNc2c(F)cc(F)cc21. The van der Waals surface area contributed by atoms with E-state index in [0.29, 0.717) is 5.69 Å². The molecule has 0 aromatic heterocycles. The van der Waals surface area contributed by atoms with E-state index in [9.17, 15) is 8.78 Å². The topological polar surface area (TPSA) is 12.0 Å². The average Bonchev–Trinajstić information content (AvgIpc) is 2.62. The third-order valence-corrected chi connectivity index (χ3v) is 3.21. The van der Waals surface area contributed by atoms with E-state index in [1.54, 1.807) is 0 Å². The van der Waals surface area contributed by atoms with Crippen molar-refractivity contribution in [2.24, 2.45) is 0 Å². The molecule has 1 nitrogen and oxygen atoms in total. The van der Waals surface area contributed by atoms with Crippen LogP contribution in [-0.2, 0) is 0 Å². The van der Waals surface area contributed by atoms with Crippen molar-refractivity contribution < 1.29 is 8.78 Å². The maximum atomic E-state index is 13.4. The van der Waals surface area contributed by atoms with Crippen LogP contribution in [0.25, 0.3) is 0 Å². The highest BCUT2D eigenvalue weighted by Crippen LogP contribution is 2.37. The molecule has 1 unspecified atom stereocenters. The predicted molar refractivity (Wildman–Crippen MR) is 61.7 cm³/mol. The smallest absolute Gasteiger partial charge is 0.149 e. The maximum absolute atomic E-state index is 13.4. The van der Waals surface area contributed by atoms with Crippen LogP contribution < -0.4 is 5.32 Å². The molecule has 0 radical (unpaired) electrons. The number of hydrogen-bond acceptors (Lipinski definition) is 1. The number of rotatable bonds is 4. The van der Waals surface area contributed by atoms with Crippen LogP contribution in [0, 0.1) is 11.6 Å². The van der Waals surface area contributed by atoms with Gasteiger partial charge in [0, 0.05) is 18.5 Å². The largest absolute Gasteiger partial charge is 0.382 e. The Kier molecular flexibility index (Phi) is 3.42. The van der Waals surface area contributed by atoms with Crippen LogP contribution in [0.15, 0.2) is 12.1 Å². The van der Waals surface area contributed by atoms with Crippen molar-refractivity contribution >= 4 is 5.69 Å². The second kappa shape index (κ2) is 4.81. The molecule has 1 aliphatic heterocycles. The normalized spacial score (nSPS) is 18.3. The summed E-state index contributed by atoms with van der Waals surface area (Å²) in [5.74, 6) is -0.666. The van der Waals surface area contributed by atoms with E-state index >= 15 is 0 Å². The first-order chi connectivity index (χ1) is 7.72. The third kappa shape index (κ3) is 2.18. The molecule has 16 heavy (non-hydrogen) atoms. The van der Waals surface area contributed by atoms with Crippen molar-refractivity contribution in [2.75, 3.05) is 11.9 Å². The molecule has 1 aliphatic rings. The molecule has 3 heteroatoms. The molecule has 0 fully saturated rings. The number of halogens is 2. The van der Waals surface area contributed by atoms with E-state index in [4.69, 9.17) is 0 Å². The summed E-state index contributed by atoms with van der Waals surface area (Å²) in [6.07, 6.45) is 4.49. The molecule has 0 saturated heterocycles. The van der Waals surface area contributed by atoms with E-state index < -0.39 is 11.6 Å². The Morgan fingerprint density at radius 1 is 1.31 bits per heavy atom. The first kappa shape index (κ1) is 11.4. The molecule has 2 rings (SSSR count). The highest BCUT2D eigenvalue weighted by molar-refractivity contribution is 5.58. The molecule has 1 aromatic rings. The molecule has 1 heterocycles. The van der Waals surface area contributed by atoms with Gasteiger partial charge >= 0.3 is 0 Å². The molecule has 1 N–H and O–H groups in total. The first-order valence-electron chi connectivity index (χ1n) is 5.95. The van der Waals surface area contributed by atoms with Crippen molar-refractivity contribution in [1.82, 2.24) is 0 Å². The lowest BCUT2D eigenvalue weighted by atomic mass is 9.95. The summed E-state index contributed by atoms with van der Waals surface area (Å²) in [5, 5.41) is 3.03. The van der Waals surface area contributed by atoms with Gasteiger partial charge in [-0.2, -0.15) is 0 Å². The Morgan fingerprint density at radius 2 is 2.12 bits per heavy atom. The van der Waals surface area contributed by atoms with Gasteiger partial charge in [-0.3, -0.25) is 0 Å². The van der Waals surface area contributed by atoms with Crippen molar-refractivity contribution in [3.8, 4) is 0 Å². The van der Waals surface area contributed by atoms with Crippen molar-refractivity contribution in [2.45, 2.75) is 38.5 Å². The summed E-state index contributed by atoms with van der Waals surface area (Å²) >= 11 is 0. The van der Waals surface area contributed by atoms with Crippen LogP contribution in [0.1, 0.15) is 44.1 Å². The zero-order valence-corrected chi connectivity index (χ0v) is 9.52. The monoisotopic (exact) mass is 225 g/mol. The fourth-order valence-electron chi connectivity index (χ4n) is 2.34. The molecular weight excluding hydrogens is 208 g/mol. The van der Waals surface area contributed by atoms with Gasteiger partial charge in [-0.15, -0.1) is 0 Å². The standard InChI is InChI=1S/C13H17F2N/c1-2-3-4-5-9-8-16-13-11(9)6-10(14)7-12(13)15/h6-7,9,16H,2-5,8H2,1H3. The van der Waals surface area contributed by atoms with Crippen molar-refractivity contribution in [3.05, 3.63) is 29.3 Å². The van der Waals surface area contributed by atoms with Gasteiger partial charge in [0.25, 0.3) is 0 Å². The second-order valence-corrected chi connectivity index (χ2v) is 4.43. The summed E-state index contributed by atoms with van der Waals surface area (Å²) in [5.41, 5.74) is 1.32. The molecule has 1 aromatic carbocycles. The predicted octanol–water partition coefficient (Wildman–Crippen LogP) is 4.05. The summed E-state index contributed by atoms with van der Waals surface area (Å²) in [6.45, 7) is 2.89. The molecule has 0 saturated carbocycles. The lowest BCUT2D eigenvalue weighted by Gasteiger charge is -2.09. The van der Waals surface area contributed by atoms with Crippen molar-refractivity contribution in [3.63, 3.8) is 0 Å². The van der Waals surface area contributed by atoms with Crippen LogP contribution in [-0.4, -0.2) is 6.54 Å². The van der Waals surface area contributed by atoms with Gasteiger partial charge in [0.1, 0.15) is 11.6 Å². The molecule has 0 amide bonds. The van der Waals surface area contributed by atoms with E-state index in [0.717, 1.165) is 31.0 Å². The van der Waals surface area contributed by atoms with Crippen LogP contribution in [0.4, 0.5) is 14.5 Å². The van der Waals surface area contributed by atoms with Crippen LogP contribution >= 0.6 is 0 Å². The Balaban J connectivity index is 2.12. The van der Waals surface area contributed by atoms with Crippen LogP contribution in [0.2, 0.25) is 0 Å². The molecule has 0 aliphatic carbocycles. The Morgan fingerprint density at radius 3 is 2.88 bits per heavy atom. The molecule has 88 valence electrons. The molecule has 0 spiro atoms. The zero-order chi connectivity index (χ0) is 11.5. The molecular formula is C13H17F2N. The Labute approximate surface area is 94.9 Å². The lowest BCUT2D eigenvalue weighted by Crippen LogP contribution is -2.01. The first-order valence-corrected chi connectivity index (χ1v) is 5.95. The van der Waals surface area contributed by atoms with Crippen LogP contribution in [0.5, 0.6) is 0 Å². The van der Waals surface area contributed by atoms with Gasteiger partial charge in [-0.25, -0.2) is 8.78 Å². The molecule has 1 atom stereocenters. The fourth-order valence-corrected chi connectivity index (χ4v) is 2.34. The number of nitrogens with one attached hydrogen (secondary N) is 1. The van der Waals surface area contributed by atoms with Gasteiger partial charge in [0.2, 0.25) is 0 Å². The van der Waals surface area contributed by atoms with Gasteiger partial charge in [-0.05, 0) is 18.1 Å². The number of anilines is 1. The summed E-state index contributed by atoms with van der Waals surface area (Å²) in [7, 11) is 0. The third-order valence-electron chi connectivity index (χ3n) is 3.21. The minimum Gasteiger partial charge on any atom is -0.382 e. The highest BCUT2D eigenvalue weighted by atomic mass is 19.1.